The first-order chi connectivity index (χ1) is 10.2. The van der Waals surface area contributed by atoms with Crippen LogP contribution in [0.5, 0.6) is 0 Å². The summed E-state index contributed by atoms with van der Waals surface area (Å²) in [5, 5.41) is 19.4. The fourth-order valence-electron chi connectivity index (χ4n) is 2.38. The van der Waals surface area contributed by atoms with Gasteiger partial charge in [0.1, 0.15) is 0 Å². The third-order valence-corrected chi connectivity index (χ3v) is 3.48. The van der Waals surface area contributed by atoms with Crippen molar-refractivity contribution in [3.8, 4) is 0 Å². The van der Waals surface area contributed by atoms with Crippen molar-refractivity contribution in [1.29, 1.82) is 5.41 Å². The minimum atomic E-state index is -0.960. The summed E-state index contributed by atoms with van der Waals surface area (Å²) in [4.78, 5) is 10.9. The smallest absolute Gasteiger partial charge is 0.335 e. The largest absolute Gasteiger partial charge is 0.478 e. The number of benzene rings is 3. The molecule has 3 nitrogen and oxygen atoms in total. The van der Waals surface area contributed by atoms with Crippen molar-refractivity contribution in [2.24, 2.45) is 0 Å². The van der Waals surface area contributed by atoms with Gasteiger partial charge in [0.15, 0.2) is 0 Å². The summed E-state index contributed by atoms with van der Waals surface area (Å²) in [7, 11) is 0. The van der Waals surface area contributed by atoms with Crippen LogP contribution < -0.4 is 0 Å². The van der Waals surface area contributed by atoms with Gasteiger partial charge < -0.3 is 5.11 Å². The molecule has 0 amide bonds. The van der Waals surface area contributed by atoms with Crippen molar-refractivity contribution < 1.29 is 9.90 Å². The summed E-state index contributed by atoms with van der Waals surface area (Å²) in [6, 6.07) is 20.2. The van der Waals surface area contributed by atoms with Gasteiger partial charge in [-0.25, -0.2) is 4.79 Å². The van der Waals surface area contributed by atoms with Crippen LogP contribution in [0.15, 0.2) is 66.7 Å². The van der Waals surface area contributed by atoms with Gasteiger partial charge in [0.25, 0.3) is 0 Å². The first kappa shape index (κ1) is 13.1. The van der Waals surface area contributed by atoms with Crippen LogP contribution in [0.25, 0.3) is 10.8 Å². The number of nitrogens with one attached hydrogen (secondary N) is 1. The van der Waals surface area contributed by atoms with E-state index in [2.05, 4.69) is 0 Å². The third kappa shape index (κ3) is 2.41. The number of hydrogen-bond donors (Lipinski definition) is 2. The zero-order valence-electron chi connectivity index (χ0n) is 11.2. The maximum Gasteiger partial charge on any atom is 0.335 e. The van der Waals surface area contributed by atoms with Crippen LogP contribution in [0.4, 0.5) is 0 Å². The summed E-state index contributed by atoms with van der Waals surface area (Å²) in [5.74, 6) is -0.960. The quantitative estimate of drug-likeness (QED) is 0.711. The molecule has 0 bridgehead atoms. The molecule has 3 aromatic rings. The fraction of sp³-hybridized carbons (Fsp3) is 0. The second kappa shape index (κ2) is 5.21. The van der Waals surface area contributed by atoms with Gasteiger partial charge in [-0.05, 0) is 22.9 Å². The zero-order valence-corrected chi connectivity index (χ0v) is 11.2. The monoisotopic (exact) mass is 275 g/mol. The van der Waals surface area contributed by atoms with Gasteiger partial charge in [-0.1, -0.05) is 54.6 Å². The number of carbonyl (C=O) groups is 1. The zero-order chi connectivity index (χ0) is 14.8. The van der Waals surface area contributed by atoms with E-state index in [0.717, 1.165) is 16.3 Å². The van der Waals surface area contributed by atoms with E-state index in [0.29, 0.717) is 11.3 Å². The predicted octanol–water partition coefficient (Wildman–Crippen LogP) is 3.95. The second-order valence-electron chi connectivity index (χ2n) is 4.78. The molecule has 0 spiro atoms. The number of carboxylic acids is 1. The van der Waals surface area contributed by atoms with E-state index in [1.54, 1.807) is 12.1 Å². The molecule has 0 aliphatic rings. The molecule has 0 saturated carbocycles. The summed E-state index contributed by atoms with van der Waals surface area (Å²) < 4.78 is 0. The Kier molecular flexibility index (Phi) is 3.24. The molecule has 0 heterocycles. The van der Waals surface area contributed by atoms with E-state index in [9.17, 15) is 4.79 Å². The molecule has 21 heavy (non-hydrogen) atoms. The lowest BCUT2D eigenvalue weighted by Gasteiger charge is -2.08. The summed E-state index contributed by atoms with van der Waals surface area (Å²) >= 11 is 0. The van der Waals surface area contributed by atoms with Crippen LogP contribution in [0.1, 0.15) is 21.5 Å². The van der Waals surface area contributed by atoms with Gasteiger partial charge in [-0.15, -0.1) is 0 Å². The molecular weight excluding hydrogens is 262 g/mol. The van der Waals surface area contributed by atoms with Gasteiger partial charge in [-0.3, -0.25) is 5.41 Å². The standard InChI is InChI=1S/C18H13NO2/c19-17(13-8-10-14(11-9-13)18(20)21)16-7-3-5-12-4-1-2-6-15(12)16/h1-11,19H,(H,20,21). The van der Waals surface area contributed by atoms with Crippen molar-refractivity contribution >= 4 is 22.5 Å². The highest BCUT2D eigenvalue weighted by atomic mass is 16.4. The topological polar surface area (TPSA) is 61.2 Å². The highest BCUT2D eigenvalue weighted by Crippen LogP contribution is 2.21. The highest BCUT2D eigenvalue weighted by molar-refractivity contribution is 6.17. The lowest BCUT2D eigenvalue weighted by molar-refractivity contribution is 0.0697. The lowest BCUT2D eigenvalue weighted by Crippen LogP contribution is -2.03. The van der Waals surface area contributed by atoms with E-state index in [-0.39, 0.29) is 5.56 Å². The second-order valence-corrected chi connectivity index (χ2v) is 4.78. The van der Waals surface area contributed by atoms with Gasteiger partial charge >= 0.3 is 5.97 Å². The molecule has 3 rings (SSSR count). The first-order valence-electron chi connectivity index (χ1n) is 6.57. The SMILES string of the molecule is N=C(c1ccc(C(=O)O)cc1)c1cccc2ccccc12. The van der Waals surface area contributed by atoms with Gasteiger partial charge in [0.05, 0.1) is 11.3 Å². The fourth-order valence-corrected chi connectivity index (χ4v) is 2.38. The Balaban J connectivity index is 2.06. The number of hydrogen-bond acceptors (Lipinski definition) is 2. The van der Waals surface area contributed by atoms with Crippen molar-refractivity contribution in [2.75, 3.05) is 0 Å². The summed E-state index contributed by atoms with van der Waals surface area (Å²) in [6.45, 7) is 0. The molecule has 0 aromatic heterocycles. The first-order valence-corrected chi connectivity index (χ1v) is 6.57. The Bertz CT molecular complexity index is 830. The number of carboxylic acid groups (broad SMARTS) is 1. The molecule has 0 aliphatic carbocycles. The molecule has 2 N–H and O–H groups in total. The molecule has 0 unspecified atom stereocenters. The van der Waals surface area contributed by atoms with Crippen LogP contribution in [0.2, 0.25) is 0 Å². The molecule has 0 radical (unpaired) electrons. The summed E-state index contributed by atoms with van der Waals surface area (Å²) in [6.07, 6.45) is 0. The molecule has 0 fully saturated rings. The molecule has 0 saturated heterocycles. The van der Waals surface area contributed by atoms with Gasteiger partial charge in [0.2, 0.25) is 0 Å². The van der Waals surface area contributed by atoms with E-state index < -0.39 is 5.97 Å². The summed E-state index contributed by atoms with van der Waals surface area (Å²) in [5.41, 5.74) is 2.17. The minimum absolute atomic E-state index is 0.226. The maximum atomic E-state index is 10.9. The van der Waals surface area contributed by atoms with Crippen LogP contribution >= 0.6 is 0 Å². The van der Waals surface area contributed by atoms with Crippen LogP contribution in [0, 0.1) is 5.41 Å². The molecule has 3 heteroatoms. The minimum Gasteiger partial charge on any atom is -0.478 e. The number of fused-ring (bicyclic) bond motifs is 1. The van der Waals surface area contributed by atoms with E-state index >= 15 is 0 Å². The van der Waals surface area contributed by atoms with Gasteiger partial charge in [-0.2, -0.15) is 0 Å². The van der Waals surface area contributed by atoms with Crippen molar-refractivity contribution in [2.45, 2.75) is 0 Å². The van der Waals surface area contributed by atoms with Gasteiger partial charge in [0, 0.05) is 11.1 Å². The van der Waals surface area contributed by atoms with Crippen molar-refractivity contribution in [3.63, 3.8) is 0 Å². The Morgan fingerprint density at radius 3 is 2.14 bits per heavy atom. The maximum absolute atomic E-state index is 10.9. The molecule has 102 valence electrons. The Labute approximate surface area is 122 Å². The third-order valence-electron chi connectivity index (χ3n) is 3.48. The number of rotatable bonds is 3. The average Bonchev–Trinajstić information content (AvgIpc) is 2.53. The molecule has 3 aromatic carbocycles. The van der Waals surface area contributed by atoms with E-state index in [1.807, 2.05) is 42.5 Å². The number of aromatic carboxylic acids is 1. The Hall–Kier alpha value is -2.94. The Morgan fingerprint density at radius 1 is 0.810 bits per heavy atom. The highest BCUT2D eigenvalue weighted by Gasteiger charge is 2.09. The average molecular weight is 275 g/mol. The van der Waals surface area contributed by atoms with E-state index in [1.165, 1.54) is 12.1 Å². The lowest BCUT2D eigenvalue weighted by atomic mass is 9.96. The Morgan fingerprint density at radius 2 is 1.43 bits per heavy atom. The molecule has 0 aliphatic heterocycles. The van der Waals surface area contributed by atoms with Crippen LogP contribution in [0.3, 0.4) is 0 Å². The molecular formula is C18H13NO2. The predicted molar refractivity (Wildman–Crippen MR) is 83.3 cm³/mol. The van der Waals surface area contributed by atoms with Crippen molar-refractivity contribution in [3.05, 3.63) is 83.4 Å². The molecule has 0 atom stereocenters. The van der Waals surface area contributed by atoms with Crippen LogP contribution in [-0.2, 0) is 0 Å². The van der Waals surface area contributed by atoms with E-state index in [4.69, 9.17) is 10.5 Å². The van der Waals surface area contributed by atoms with Crippen molar-refractivity contribution in [1.82, 2.24) is 0 Å². The van der Waals surface area contributed by atoms with Crippen LogP contribution in [-0.4, -0.2) is 16.8 Å². The normalized spacial score (nSPS) is 10.5.